The van der Waals surface area contributed by atoms with Gasteiger partial charge in [0.25, 0.3) is 0 Å². The lowest BCUT2D eigenvalue weighted by molar-refractivity contribution is 0.112. The second-order valence-electron chi connectivity index (χ2n) is 3.67. The molecule has 0 fully saturated rings. The Kier molecular flexibility index (Phi) is 4.04. The van der Waals surface area contributed by atoms with Gasteiger partial charge in [0.05, 0.1) is 11.6 Å². The van der Waals surface area contributed by atoms with Gasteiger partial charge >= 0.3 is 0 Å². The zero-order chi connectivity index (χ0) is 13.1. The number of carbonyl (C=O) groups excluding carboxylic acids is 1. The van der Waals surface area contributed by atoms with Crippen LogP contribution in [0.2, 0.25) is 5.02 Å². The Bertz CT molecular complexity index is 596. The number of methoxy groups -OCH3 is 1. The molecular weight excluding hydrogens is 316 g/mol. The molecule has 0 atom stereocenters. The molecule has 0 unspecified atom stereocenters. The van der Waals surface area contributed by atoms with Gasteiger partial charge in [0, 0.05) is 16.1 Å². The Hall–Kier alpha value is -1.32. The van der Waals surface area contributed by atoms with Crippen molar-refractivity contribution in [3.05, 3.63) is 51.5 Å². The number of benzene rings is 2. The summed E-state index contributed by atoms with van der Waals surface area (Å²) in [6.07, 6.45) is 0.808. The third kappa shape index (κ3) is 2.42. The van der Waals surface area contributed by atoms with Crippen molar-refractivity contribution in [3.63, 3.8) is 0 Å². The summed E-state index contributed by atoms with van der Waals surface area (Å²) in [5, 5.41) is 0.602. The van der Waals surface area contributed by atoms with Crippen LogP contribution in [0.1, 0.15) is 10.4 Å². The molecule has 0 saturated heterocycles. The first-order valence-electron chi connectivity index (χ1n) is 5.25. The molecule has 0 aliphatic rings. The molecule has 0 aromatic heterocycles. The van der Waals surface area contributed by atoms with Crippen molar-refractivity contribution in [2.24, 2.45) is 0 Å². The standard InChI is InChI=1S/C14H10BrClO2/c1-18-14-7-11(9(8-17)6-12(14)15)10-4-2-3-5-13(10)16/h2-8H,1H3. The number of hydrogen-bond acceptors (Lipinski definition) is 2. The number of hydrogen-bond donors (Lipinski definition) is 0. The van der Waals surface area contributed by atoms with Gasteiger partial charge in [-0.1, -0.05) is 29.8 Å². The molecule has 4 heteroatoms. The highest BCUT2D eigenvalue weighted by atomic mass is 79.9. The molecule has 0 spiro atoms. The minimum atomic E-state index is 0.566. The number of ether oxygens (including phenoxy) is 1. The van der Waals surface area contributed by atoms with E-state index in [2.05, 4.69) is 15.9 Å². The molecule has 18 heavy (non-hydrogen) atoms. The topological polar surface area (TPSA) is 26.3 Å². The summed E-state index contributed by atoms with van der Waals surface area (Å²) >= 11 is 9.51. The summed E-state index contributed by atoms with van der Waals surface area (Å²) in [7, 11) is 1.58. The minimum Gasteiger partial charge on any atom is -0.496 e. The highest BCUT2D eigenvalue weighted by Crippen LogP contribution is 2.36. The van der Waals surface area contributed by atoms with Crippen molar-refractivity contribution in [2.45, 2.75) is 0 Å². The van der Waals surface area contributed by atoms with Crippen molar-refractivity contribution in [1.82, 2.24) is 0 Å². The Balaban J connectivity index is 2.70. The molecule has 0 N–H and O–H groups in total. The average molecular weight is 326 g/mol. The van der Waals surface area contributed by atoms with E-state index in [-0.39, 0.29) is 0 Å². The predicted octanol–water partition coefficient (Wildman–Crippen LogP) is 4.59. The number of aldehydes is 1. The Morgan fingerprint density at radius 3 is 2.56 bits per heavy atom. The molecule has 0 amide bonds. The van der Waals surface area contributed by atoms with Crippen molar-refractivity contribution >= 4 is 33.8 Å². The SMILES string of the molecule is COc1cc(-c2ccccc2Cl)c(C=O)cc1Br. The van der Waals surface area contributed by atoms with Crippen LogP contribution in [-0.2, 0) is 0 Å². The van der Waals surface area contributed by atoms with E-state index < -0.39 is 0 Å². The van der Waals surface area contributed by atoms with Crippen LogP contribution < -0.4 is 4.74 Å². The monoisotopic (exact) mass is 324 g/mol. The Labute approximate surface area is 119 Å². The van der Waals surface area contributed by atoms with Crippen LogP contribution in [0, 0.1) is 0 Å². The summed E-state index contributed by atoms with van der Waals surface area (Å²) in [6.45, 7) is 0. The quantitative estimate of drug-likeness (QED) is 0.771. The van der Waals surface area contributed by atoms with E-state index >= 15 is 0 Å². The molecule has 2 aromatic carbocycles. The summed E-state index contributed by atoms with van der Waals surface area (Å²) in [5.41, 5.74) is 2.14. The first kappa shape index (κ1) is 13.1. The van der Waals surface area contributed by atoms with Crippen LogP contribution in [0.3, 0.4) is 0 Å². The normalized spacial score (nSPS) is 10.2. The smallest absolute Gasteiger partial charge is 0.150 e. The maximum Gasteiger partial charge on any atom is 0.150 e. The fourth-order valence-electron chi connectivity index (χ4n) is 1.74. The third-order valence-electron chi connectivity index (χ3n) is 2.61. The molecular formula is C14H10BrClO2. The molecule has 2 aromatic rings. The van der Waals surface area contributed by atoms with Crippen LogP contribution in [0.25, 0.3) is 11.1 Å². The summed E-state index contributed by atoms with van der Waals surface area (Å²) < 4.78 is 5.98. The van der Waals surface area contributed by atoms with E-state index in [1.807, 2.05) is 18.2 Å². The van der Waals surface area contributed by atoms with Gasteiger partial charge in [-0.2, -0.15) is 0 Å². The molecule has 0 aliphatic carbocycles. The second-order valence-corrected chi connectivity index (χ2v) is 4.93. The number of carbonyl (C=O) groups is 1. The highest BCUT2D eigenvalue weighted by Gasteiger charge is 2.12. The van der Waals surface area contributed by atoms with Crippen molar-refractivity contribution < 1.29 is 9.53 Å². The maximum atomic E-state index is 11.2. The zero-order valence-corrected chi connectivity index (χ0v) is 12.0. The van der Waals surface area contributed by atoms with E-state index in [0.29, 0.717) is 16.3 Å². The van der Waals surface area contributed by atoms with Crippen molar-refractivity contribution in [3.8, 4) is 16.9 Å². The van der Waals surface area contributed by atoms with Crippen LogP contribution in [0.4, 0.5) is 0 Å². The van der Waals surface area contributed by atoms with Gasteiger partial charge in [-0.3, -0.25) is 4.79 Å². The van der Waals surface area contributed by atoms with Gasteiger partial charge in [0.15, 0.2) is 6.29 Å². The Morgan fingerprint density at radius 1 is 1.22 bits per heavy atom. The van der Waals surface area contributed by atoms with E-state index in [4.69, 9.17) is 16.3 Å². The van der Waals surface area contributed by atoms with Crippen molar-refractivity contribution in [1.29, 1.82) is 0 Å². The lowest BCUT2D eigenvalue weighted by Crippen LogP contribution is -1.92. The number of rotatable bonds is 3. The van der Waals surface area contributed by atoms with Gasteiger partial charge < -0.3 is 4.74 Å². The van der Waals surface area contributed by atoms with E-state index in [1.54, 1.807) is 25.3 Å². The summed E-state index contributed by atoms with van der Waals surface area (Å²) in [4.78, 5) is 11.2. The fraction of sp³-hybridized carbons (Fsp3) is 0.0714. The molecule has 2 rings (SSSR count). The van der Waals surface area contributed by atoms with Gasteiger partial charge in [-0.05, 0) is 39.7 Å². The largest absolute Gasteiger partial charge is 0.496 e. The van der Waals surface area contributed by atoms with Crippen LogP contribution in [-0.4, -0.2) is 13.4 Å². The third-order valence-corrected chi connectivity index (χ3v) is 3.56. The van der Waals surface area contributed by atoms with Gasteiger partial charge in [-0.15, -0.1) is 0 Å². The molecule has 0 bridgehead atoms. The second kappa shape index (κ2) is 5.55. The predicted molar refractivity (Wildman–Crippen MR) is 76.5 cm³/mol. The van der Waals surface area contributed by atoms with Crippen molar-refractivity contribution in [2.75, 3.05) is 7.11 Å². The molecule has 0 aliphatic heterocycles. The summed E-state index contributed by atoms with van der Waals surface area (Å²) in [6, 6.07) is 10.9. The fourth-order valence-corrected chi connectivity index (χ4v) is 2.50. The first-order valence-corrected chi connectivity index (χ1v) is 6.42. The van der Waals surface area contributed by atoms with Crippen LogP contribution >= 0.6 is 27.5 Å². The average Bonchev–Trinajstić information content (AvgIpc) is 2.39. The highest BCUT2D eigenvalue weighted by molar-refractivity contribution is 9.10. The van der Waals surface area contributed by atoms with Gasteiger partial charge in [-0.25, -0.2) is 0 Å². The molecule has 0 radical (unpaired) electrons. The first-order chi connectivity index (χ1) is 8.67. The molecule has 2 nitrogen and oxygen atoms in total. The summed E-state index contributed by atoms with van der Waals surface area (Å²) in [5.74, 6) is 0.663. The lowest BCUT2D eigenvalue weighted by Gasteiger charge is -2.11. The van der Waals surface area contributed by atoms with Gasteiger partial charge in [0.1, 0.15) is 5.75 Å². The molecule has 0 saturated carbocycles. The van der Waals surface area contributed by atoms with Crippen LogP contribution in [0.5, 0.6) is 5.75 Å². The minimum absolute atomic E-state index is 0.566. The zero-order valence-electron chi connectivity index (χ0n) is 9.61. The molecule has 0 heterocycles. The Morgan fingerprint density at radius 2 is 1.94 bits per heavy atom. The lowest BCUT2D eigenvalue weighted by atomic mass is 10.00. The van der Waals surface area contributed by atoms with E-state index in [0.717, 1.165) is 21.9 Å². The van der Waals surface area contributed by atoms with E-state index in [1.165, 1.54) is 0 Å². The van der Waals surface area contributed by atoms with E-state index in [9.17, 15) is 4.79 Å². The van der Waals surface area contributed by atoms with Crippen LogP contribution in [0.15, 0.2) is 40.9 Å². The van der Waals surface area contributed by atoms with Gasteiger partial charge in [0.2, 0.25) is 0 Å². The maximum absolute atomic E-state index is 11.2. The molecule has 92 valence electrons. The number of halogens is 2.